The van der Waals surface area contributed by atoms with Gasteiger partial charge in [-0.3, -0.25) is 10.6 Å². The lowest BCUT2D eigenvalue weighted by molar-refractivity contribution is -0.341. The van der Waals surface area contributed by atoms with Crippen molar-refractivity contribution in [3.63, 3.8) is 0 Å². The Balaban J connectivity index is 2.42. The molecule has 0 saturated carbocycles. The Hall–Kier alpha value is -0.940. The summed E-state index contributed by atoms with van der Waals surface area (Å²) in [4.78, 5) is 4.06. The van der Waals surface area contributed by atoms with Gasteiger partial charge in [0.25, 0.3) is 0 Å². The van der Waals surface area contributed by atoms with Crippen LogP contribution in [0.5, 0.6) is 0 Å². The maximum atomic E-state index is 8.27. The zero-order valence-electron chi connectivity index (χ0n) is 3.33. The van der Waals surface area contributed by atoms with E-state index in [9.17, 15) is 0 Å². The van der Waals surface area contributed by atoms with Crippen molar-refractivity contribution in [1.82, 2.24) is 10.8 Å². The van der Waals surface area contributed by atoms with Crippen LogP contribution in [0.1, 0.15) is 0 Å². The van der Waals surface area contributed by atoms with Gasteiger partial charge in [0.15, 0.2) is 0 Å². The number of hydrogen-bond acceptors (Lipinski definition) is 5. The third kappa shape index (κ3) is 0.729. The minimum atomic E-state index is -0.359. The van der Waals surface area contributed by atoms with Gasteiger partial charge >= 0.3 is 5.95 Å². The highest BCUT2D eigenvalue weighted by Crippen LogP contribution is 1.97. The highest BCUT2D eigenvalue weighted by atomic mass is 16.9. The van der Waals surface area contributed by atoms with E-state index in [-0.39, 0.29) is 11.3 Å². The largest absolute Gasteiger partial charge is 0.479 e. The molecule has 5 nitrogen and oxygen atoms in total. The van der Waals surface area contributed by atoms with Crippen LogP contribution in [0, 0.1) is 0 Å². The second kappa shape index (κ2) is 1.28. The van der Waals surface area contributed by atoms with Crippen LogP contribution in [0.15, 0.2) is 12.1 Å². The van der Waals surface area contributed by atoms with Crippen LogP contribution in [-0.2, 0) is 4.84 Å². The fourth-order valence-corrected chi connectivity index (χ4v) is 0.252. The molecule has 0 spiro atoms. The molecule has 1 heterocycles. The zero-order chi connectivity index (χ0) is 5.28. The molecule has 40 valence electrons. The van der Waals surface area contributed by atoms with Crippen molar-refractivity contribution in [3.05, 3.63) is 12.1 Å². The number of aliphatic hydroxyl groups is 1. The maximum absolute atomic E-state index is 8.27. The summed E-state index contributed by atoms with van der Waals surface area (Å²) in [5.41, 5.74) is 2.12. The predicted octanol–water partition coefficient (Wildman–Crippen LogP) is -0.516. The Morgan fingerprint density at radius 1 is 1.86 bits per heavy atom. The molecule has 0 radical (unpaired) electrons. The summed E-state index contributed by atoms with van der Waals surface area (Å²) in [5, 5.41) is 16.7. The van der Waals surface area contributed by atoms with Gasteiger partial charge in [0.1, 0.15) is 6.20 Å². The number of aliphatic hydroxyl groups excluding tert-OH is 1. The van der Waals surface area contributed by atoms with Crippen LogP contribution in [0.2, 0.25) is 0 Å². The summed E-state index contributed by atoms with van der Waals surface area (Å²) < 4.78 is 0. The topological polar surface area (TPSA) is 65.0 Å². The minimum absolute atomic E-state index is 0.287. The summed E-state index contributed by atoms with van der Waals surface area (Å²) in [6.07, 6.45) is 1.10. The van der Waals surface area contributed by atoms with Crippen molar-refractivity contribution in [1.29, 1.82) is 0 Å². The molecule has 0 atom stereocenters. The molecule has 0 aromatic rings. The first-order valence-corrected chi connectivity index (χ1v) is 1.61. The van der Waals surface area contributed by atoms with Crippen LogP contribution < -0.4 is 5.43 Å². The minimum Gasteiger partial charge on any atom is -0.479 e. The summed E-state index contributed by atoms with van der Waals surface area (Å²) in [6.45, 7) is 0. The Kier molecular flexibility index (Phi) is 0.775. The lowest BCUT2D eigenvalue weighted by Crippen LogP contribution is -2.23. The molecule has 1 aliphatic heterocycles. The van der Waals surface area contributed by atoms with Gasteiger partial charge in [0.2, 0.25) is 0 Å². The normalized spacial score (nSPS) is 20.4. The van der Waals surface area contributed by atoms with E-state index >= 15 is 0 Å². The fraction of sp³-hybridized carbons (Fsp3) is 0. The van der Waals surface area contributed by atoms with E-state index in [2.05, 4.69) is 10.3 Å². The molecule has 0 bridgehead atoms. The molecule has 0 amide bonds. The average Bonchev–Trinajstić information content (AvgIpc) is 1.87. The van der Waals surface area contributed by atoms with Crippen LogP contribution in [0.25, 0.3) is 0 Å². The first-order valence-electron chi connectivity index (χ1n) is 1.61. The molecule has 1 rings (SSSR count). The first-order chi connectivity index (χ1) is 3.29. The van der Waals surface area contributed by atoms with Gasteiger partial charge in [-0.25, -0.2) is 0 Å². The highest BCUT2D eigenvalue weighted by molar-refractivity contribution is 4.78. The SMILES string of the molecule is OC1=CNN(O)O1. The van der Waals surface area contributed by atoms with E-state index in [1.165, 1.54) is 0 Å². The number of hydrogen-bond donors (Lipinski definition) is 3. The Bertz CT molecular complexity index is 101. The maximum Gasteiger partial charge on any atom is 0.320 e. The second-order valence-electron chi connectivity index (χ2n) is 0.976. The molecule has 0 fully saturated rings. The molecule has 0 saturated heterocycles. The van der Waals surface area contributed by atoms with Gasteiger partial charge in [-0.2, -0.15) is 0 Å². The van der Waals surface area contributed by atoms with E-state index in [1.807, 2.05) is 0 Å². The second-order valence-corrected chi connectivity index (χ2v) is 0.976. The van der Waals surface area contributed by atoms with Crippen LogP contribution in [0.4, 0.5) is 0 Å². The molecule has 7 heavy (non-hydrogen) atoms. The average molecular weight is 104 g/mol. The third-order valence-electron chi connectivity index (χ3n) is 0.478. The molecular formula is C2H4N2O3. The number of rotatable bonds is 0. The predicted molar refractivity (Wildman–Crippen MR) is 18.6 cm³/mol. The quantitative estimate of drug-likeness (QED) is 0.386. The highest BCUT2D eigenvalue weighted by Gasteiger charge is 2.08. The van der Waals surface area contributed by atoms with Gasteiger partial charge in [0.05, 0.1) is 5.34 Å². The summed E-state index contributed by atoms with van der Waals surface area (Å²) >= 11 is 0. The van der Waals surface area contributed by atoms with Gasteiger partial charge in [-0.15, -0.1) is 0 Å². The fourth-order valence-electron chi connectivity index (χ4n) is 0.252. The van der Waals surface area contributed by atoms with E-state index in [4.69, 9.17) is 10.3 Å². The van der Waals surface area contributed by atoms with E-state index in [0.717, 1.165) is 6.20 Å². The standard InChI is InChI=1S/C2H4N2O3/c5-2-1-3-4(6)7-2/h1,3,5-6H. The van der Waals surface area contributed by atoms with Crippen LogP contribution in [0.3, 0.4) is 0 Å². The lowest BCUT2D eigenvalue weighted by atomic mass is 10.9. The van der Waals surface area contributed by atoms with Crippen LogP contribution in [-0.4, -0.2) is 15.6 Å². The molecule has 0 unspecified atom stereocenters. The Labute approximate surface area is 39.3 Å². The van der Waals surface area contributed by atoms with Crippen LogP contribution >= 0.6 is 0 Å². The van der Waals surface area contributed by atoms with Crippen molar-refractivity contribution >= 4 is 0 Å². The number of hydrazine groups is 1. The molecule has 1 aliphatic rings. The molecule has 0 aliphatic carbocycles. The number of nitrogens with zero attached hydrogens (tertiary/aromatic N) is 1. The molecule has 3 N–H and O–H groups in total. The molecule has 5 heteroatoms. The van der Waals surface area contributed by atoms with Gasteiger partial charge < -0.3 is 9.94 Å². The Morgan fingerprint density at radius 3 is 2.71 bits per heavy atom. The molecular weight excluding hydrogens is 100 g/mol. The van der Waals surface area contributed by atoms with Crippen molar-refractivity contribution in [2.75, 3.05) is 0 Å². The molecule has 0 aromatic carbocycles. The summed E-state index contributed by atoms with van der Waals surface area (Å²) in [7, 11) is 0. The number of nitrogens with one attached hydrogen (secondary N) is 1. The van der Waals surface area contributed by atoms with Gasteiger partial charge in [-0.05, 0) is 0 Å². The van der Waals surface area contributed by atoms with Gasteiger partial charge in [-0.1, -0.05) is 0 Å². The van der Waals surface area contributed by atoms with Crippen molar-refractivity contribution in [2.45, 2.75) is 0 Å². The summed E-state index contributed by atoms with van der Waals surface area (Å²) in [6, 6.07) is 0. The summed E-state index contributed by atoms with van der Waals surface area (Å²) in [5.74, 6) is -0.359. The smallest absolute Gasteiger partial charge is 0.320 e. The monoisotopic (exact) mass is 104 g/mol. The lowest BCUT2D eigenvalue weighted by Gasteiger charge is -2.01. The van der Waals surface area contributed by atoms with E-state index < -0.39 is 0 Å². The van der Waals surface area contributed by atoms with E-state index in [0.29, 0.717) is 0 Å². The van der Waals surface area contributed by atoms with E-state index in [1.54, 1.807) is 0 Å². The van der Waals surface area contributed by atoms with Crippen molar-refractivity contribution in [3.8, 4) is 0 Å². The molecule has 0 aromatic heterocycles. The Morgan fingerprint density at radius 2 is 2.57 bits per heavy atom. The zero-order valence-corrected chi connectivity index (χ0v) is 3.33. The third-order valence-corrected chi connectivity index (χ3v) is 0.478. The van der Waals surface area contributed by atoms with Gasteiger partial charge in [0, 0.05) is 0 Å². The van der Waals surface area contributed by atoms with Crippen molar-refractivity contribution < 1.29 is 15.2 Å². The van der Waals surface area contributed by atoms with Crippen molar-refractivity contribution in [2.24, 2.45) is 0 Å². The first kappa shape index (κ1) is 4.23.